The summed E-state index contributed by atoms with van der Waals surface area (Å²) in [6, 6.07) is 16.9. The first-order chi connectivity index (χ1) is 21.4. The van der Waals surface area contributed by atoms with Gasteiger partial charge >= 0.3 is 12.4 Å². The molecule has 1 fully saturated rings. The zero-order valence-corrected chi connectivity index (χ0v) is 25.0. The van der Waals surface area contributed by atoms with Gasteiger partial charge in [0.05, 0.1) is 29.4 Å². The number of aliphatic imine (C=N–C) groups is 1. The van der Waals surface area contributed by atoms with Gasteiger partial charge in [-0.05, 0) is 68.3 Å². The van der Waals surface area contributed by atoms with E-state index in [0.717, 1.165) is 17.3 Å². The molecule has 3 amide bonds. The largest absolute Gasteiger partial charge is 0.573 e. The molecule has 1 aliphatic heterocycles. The fraction of sp³-hybridized carbons (Fsp3) is 0.200. The Balaban J connectivity index is 1.21. The number of anilines is 1. The van der Waals surface area contributed by atoms with Gasteiger partial charge in [0.15, 0.2) is 11.0 Å². The number of hydrogen-bond donors (Lipinski definition) is 1. The molecule has 0 saturated carbocycles. The van der Waals surface area contributed by atoms with Gasteiger partial charge < -0.3 is 9.47 Å². The summed E-state index contributed by atoms with van der Waals surface area (Å²) in [6.45, 7) is 5.66. The number of amidine groups is 1. The molecule has 1 aromatic heterocycles. The van der Waals surface area contributed by atoms with Gasteiger partial charge in [0.2, 0.25) is 5.91 Å². The number of alkyl halides is 3. The minimum atomic E-state index is -4.77. The van der Waals surface area contributed by atoms with Crippen LogP contribution in [0.5, 0.6) is 11.5 Å². The van der Waals surface area contributed by atoms with E-state index < -0.39 is 12.4 Å². The summed E-state index contributed by atoms with van der Waals surface area (Å²) in [7, 11) is 0. The maximum absolute atomic E-state index is 12.7. The summed E-state index contributed by atoms with van der Waals surface area (Å²) >= 11 is 1.15. The number of aromatic nitrogens is 3. The molecule has 0 atom stereocenters. The highest BCUT2D eigenvalue weighted by Gasteiger charge is 2.33. The number of hydrazone groups is 1. The molecule has 1 saturated heterocycles. The number of aryl methyl sites for hydroxylation is 1. The summed E-state index contributed by atoms with van der Waals surface area (Å²) < 4.78 is 48.4. The van der Waals surface area contributed by atoms with Crippen LogP contribution in [0.1, 0.15) is 25.0 Å². The molecule has 0 radical (unpaired) electrons. The molecular formula is C30H26F3N7O4S. The van der Waals surface area contributed by atoms with E-state index in [9.17, 15) is 22.8 Å². The zero-order chi connectivity index (χ0) is 32.1. The Morgan fingerprint density at radius 3 is 2.51 bits per heavy atom. The second-order valence-electron chi connectivity index (χ2n) is 9.90. The van der Waals surface area contributed by atoms with Crippen molar-refractivity contribution in [2.24, 2.45) is 10.1 Å². The molecule has 1 N–H and O–H groups in total. The number of amides is 3. The third kappa shape index (κ3) is 8.06. The van der Waals surface area contributed by atoms with Gasteiger partial charge in [-0.25, -0.2) is 19.9 Å². The Labute approximate surface area is 259 Å². The number of carbonyl (C=O) groups is 2. The molecule has 2 heterocycles. The lowest BCUT2D eigenvalue weighted by Gasteiger charge is -2.21. The predicted octanol–water partition coefficient (Wildman–Crippen LogP) is 6.11. The number of benzene rings is 3. The van der Waals surface area contributed by atoms with Crippen LogP contribution in [0.15, 0.2) is 83.2 Å². The summed E-state index contributed by atoms with van der Waals surface area (Å²) in [5.74, 6) is 0.475. The second-order valence-corrected chi connectivity index (χ2v) is 10.8. The van der Waals surface area contributed by atoms with Crippen LogP contribution in [-0.4, -0.2) is 56.3 Å². The van der Waals surface area contributed by atoms with Crippen molar-refractivity contribution in [3.63, 3.8) is 0 Å². The quantitative estimate of drug-likeness (QED) is 0.183. The summed E-state index contributed by atoms with van der Waals surface area (Å²) in [5.41, 5.74) is 5.62. The molecule has 0 spiro atoms. The van der Waals surface area contributed by atoms with E-state index in [-0.39, 0.29) is 28.7 Å². The second kappa shape index (κ2) is 13.2. The van der Waals surface area contributed by atoms with Crippen molar-refractivity contribution in [1.29, 1.82) is 0 Å². The Morgan fingerprint density at radius 2 is 1.82 bits per heavy atom. The topological polar surface area (TPSA) is 123 Å². The molecule has 1 aliphatic rings. The smallest absolute Gasteiger partial charge is 0.489 e. The monoisotopic (exact) mass is 637 g/mol. The van der Waals surface area contributed by atoms with E-state index in [0.29, 0.717) is 34.1 Å². The van der Waals surface area contributed by atoms with Gasteiger partial charge in [-0.1, -0.05) is 42.1 Å². The summed E-state index contributed by atoms with van der Waals surface area (Å²) in [6.07, 6.45) is -2.02. The maximum atomic E-state index is 12.7. The van der Waals surface area contributed by atoms with E-state index in [4.69, 9.17) is 4.74 Å². The van der Waals surface area contributed by atoms with Crippen molar-refractivity contribution < 1.29 is 32.2 Å². The third-order valence-corrected chi connectivity index (χ3v) is 6.97. The third-order valence-electron chi connectivity index (χ3n) is 6.05. The van der Waals surface area contributed by atoms with E-state index >= 15 is 0 Å². The zero-order valence-electron chi connectivity index (χ0n) is 24.1. The van der Waals surface area contributed by atoms with Crippen molar-refractivity contribution >= 4 is 40.8 Å². The van der Waals surface area contributed by atoms with Gasteiger partial charge in [0.25, 0.3) is 0 Å². The van der Waals surface area contributed by atoms with E-state index in [1.165, 1.54) is 46.4 Å². The number of rotatable bonds is 8. The van der Waals surface area contributed by atoms with Gasteiger partial charge in [-0.2, -0.15) is 10.1 Å². The van der Waals surface area contributed by atoms with Gasteiger partial charge in [0, 0.05) is 5.56 Å². The average molecular weight is 638 g/mol. The van der Waals surface area contributed by atoms with Gasteiger partial charge in [0.1, 0.15) is 17.8 Å². The lowest BCUT2D eigenvalue weighted by molar-refractivity contribution is -0.274. The molecule has 0 bridgehead atoms. The predicted molar refractivity (Wildman–Crippen MR) is 164 cm³/mol. The Kier molecular flexibility index (Phi) is 9.18. The maximum Gasteiger partial charge on any atom is 0.573 e. The number of urea groups is 1. The van der Waals surface area contributed by atoms with E-state index in [1.54, 1.807) is 30.3 Å². The number of carbonyl (C=O) groups excluding carboxylic acids is 2. The summed E-state index contributed by atoms with van der Waals surface area (Å²) in [4.78, 5) is 35.0. The van der Waals surface area contributed by atoms with E-state index in [1.807, 2.05) is 32.9 Å². The van der Waals surface area contributed by atoms with Crippen LogP contribution in [0.2, 0.25) is 0 Å². The van der Waals surface area contributed by atoms with Crippen LogP contribution in [0.25, 0.3) is 17.1 Å². The minimum absolute atomic E-state index is 0.117. The highest BCUT2D eigenvalue weighted by molar-refractivity contribution is 8.15. The van der Waals surface area contributed by atoms with Crippen LogP contribution in [0.3, 0.4) is 0 Å². The van der Waals surface area contributed by atoms with Crippen molar-refractivity contribution in [2.45, 2.75) is 33.2 Å². The first-order valence-electron chi connectivity index (χ1n) is 13.5. The molecule has 11 nitrogen and oxygen atoms in total. The first kappa shape index (κ1) is 31.3. The molecular weight excluding hydrogens is 611 g/mol. The molecule has 5 rings (SSSR count). The van der Waals surface area contributed by atoms with Gasteiger partial charge in [-0.3, -0.25) is 9.69 Å². The summed E-state index contributed by atoms with van der Waals surface area (Å²) in [5, 5.41) is 8.55. The fourth-order valence-electron chi connectivity index (χ4n) is 4.15. The number of nitrogens with one attached hydrogen (secondary N) is 1. The highest BCUT2D eigenvalue weighted by Crippen LogP contribution is 2.35. The van der Waals surface area contributed by atoms with Crippen LogP contribution in [0, 0.1) is 6.92 Å². The van der Waals surface area contributed by atoms with Crippen molar-refractivity contribution in [1.82, 2.24) is 20.2 Å². The van der Waals surface area contributed by atoms with Crippen LogP contribution in [-0.2, 0) is 4.79 Å². The standard InChI is InChI=1S/C30H26F3N7O4S/c1-18(2)43-25-13-4-19(3)14-24(25)40-26(41)16-45-29(40)36-28(42)37-35-15-20-5-7-21(8-6-20)27-34-17-39(38-27)22-9-11-23(12-10-22)44-30(31,32)33/h4-15,17-18H,16H2,1-3H3,(H,37,42)/b35-15+,36-29?. The molecule has 0 unspecified atom stereocenters. The number of hydrogen-bond acceptors (Lipinski definition) is 8. The van der Waals surface area contributed by atoms with Crippen LogP contribution >= 0.6 is 11.8 Å². The Bertz CT molecular complexity index is 1750. The van der Waals surface area contributed by atoms with Crippen LogP contribution < -0.4 is 19.8 Å². The minimum Gasteiger partial charge on any atom is -0.489 e. The fourth-order valence-corrected chi connectivity index (χ4v) is 5.01. The molecule has 4 aromatic rings. The molecule has 3 aromatic carbocycles. The molecule has 45 heavy (non-hydrogen) atoms. The van der Waals surface area contributed by atoms with E-state index in [2.05, 4.69) is 30.3 Å². The lowest BCUT2D eigenvalue weighted by Crippen LogP contribution is -2.31. The Morgan fingerprint density at radius 1 is 1.09 bits per heavy atom. The van der Waals surface area contributed by atoms with Gasteiger partial charge in [-0.15, -0.1) is 18.3 Å². The number of thioether (sulfide) groups is 1. The molecule has 0 aliphatic carbocycles. The van der Waals surface area contributed by atoms with Crippen molar-refractivity contribution in [3.05, 3.63) is 84.2 Å². The lowest BCUT2D eigenvalue weighted by atomic mass is 10.1. The normalized spacial score (nSPS) is 14.5. The number of halogens is 3. The number of nitrogens with zero attached hydrogens (tertiary/aromatic N) is 6. The van der Waals surface area contributed by atoms with Crippen LogP contribution in [0.4, 0.5) is 23.7 Å². The molecule has 15 heteroatoms. The average Bonchev–Trinajstić information content (AvgIpc) is 3.61. The highest BCUT2D eigenvalue weighted by atomic mass is 32.2. The van der Waals surface area contributed by atoms with Crippen molar-refractivity contribution in [3.8, 4) is 28.6 Å². The Hall–Kier alpha value is -5.18. The first-order valence-corrected chi connectivity index (χ1v) is 14.5. The SMILES string of the molecule is Cc1ccc(OC(C)C)c(N2C(=O)CSC2=NC(=O)N/N=C/c2ccc(-c3ncn(-c4ccc(OC(F)(F)F)cc4)n3)cc2)c1. The number of ether oxygens (including phenoxy) is 2. The molecule has 232 valence electrons. The van der Waals surface area contributed by atoms with Crippen molar-refractivity contribution in [2.75, 3.05) is 10.7 Å².